The average Bonchev–Trinajstić information content (AvgIpc) is 3.62. The van der Waals surface area contributed by atoms with Crippen LogP contribution in [0.1, 0.15) is 52.7 Å². The van der Waals surface area contributed by atoms with Crippen LogP contribution in [-0.4, -0.2) is 4.57 Å². The summed E-state index contributed by atoms with van der Waals surface area (Å²) in [5.74, 6) is 0. The van der Waals surface area contributed by atoms with Gasteiger partial charge in [0.2, 0.25) is 0 Å². The Bertz CT molecular complexity index is 3380. The second-order valence-electron chi connectivity index (χ2n) is 19.1. The van der Waals surface area contributed by atoms with Crippen LogP contribution in [0, 0.1) is 0 Å². The molecule has 0 spiro atoms. The van der Waals surface area contributed by atoms with E-state index in [1.807, 2.05) is 0 Å². The maximum atomic E-state index is 2.52. The van der Waals surface area contributed by atoms with Gasteiger partial charge in [0, 0.05) is 32.9 Å². The van der Waals surface area contributed by atoms with Crippen LogP contribution in [0.4, 0.5) is 17.1 Å². The van der Waals surface area contributed by atoms with Gasteiger partial charge in [-0.15, -0.1) is 0 Å². The van der Waals surface area contributed by atoms with Gasteiger partial charge in [-0.1, -0.05) is 175 Å². The van der Waals surface area contributed by atoms with Crippen LogP contribution in [0.15, 0.2) is 194 Å². The molecular formula is C60H50N2. The Morgan fingerprint density at radius 3 is 1.45 bits per heavy atom. The van der Waals surface area contributed by atoms with Crippen molar-refractivity contribution in [1.82, 2.24) is 4.57 Å². The van der Waals surface area contributed by atoms with Crippen LogP contribution < -0.4 is 4.90 Å². The topological polar surface area (TPSA) is 8.17 Å². The van der Waals surface area contributed by atoms with Crippen molar-refractivity contribution in [2.75, 3.05) is 4.90 Å². The van der Waals surface area contributed by atoms with Crippen molar-refractivity contribution in [1.29, 1.82) is 0 Å². The van der Waals surface area contributed by atoms with Gasteiger partial charge in [-0.05, 0) is 126 Å². The number of hydrogen-bond donors (Lipinski definition) is 0. The molecule has 62 heavy (non-hydrogen) atoms. The maximum Gasteiger partial charge on any atom is 0.0541 e. The summed E-state index contributed by atoms with van der Waals surface area (Å²) in [5, 5.41) is 10.1. The van der Waals surface area contributed by atoms with E-state index in [0.717, 1.165) is 17.1 Å². The first-order valence-corrected chi connectivity index (χ1v) is 21.9. The molecule has 0 fully saturated rings. The van der Waals surface area contributed by atoms with E-state index in [2.05, 4.69) is 245 Å². The number of hydrogen-bond acceptors (Lipinski definition) is 1. The van der Waals surface area contributed by atoms with Crippen LogP contribution in [-0.2, 0) is 10.8 Å². The van der Waals surface area contributed by atoms with Gasteiger partial charge < -0.3 is 9.47 Å². The molecule has 2 nitrogen and oxygen atoms in total. The van der Waals surface area contributed by atoms with Gasteiger partial charge in [-0.2, -0.15) is 0 Å². The molecule has 0 amide bonds. The third kappa shape index (κ3) is 6.24. The van der Waals surface area contributed by atoms with Crippen LogP contribution in [0.2, 0.25) is 0 Å². The molecule has 10 aromatic carbocycles. The second kappa shape index (κ2) is 14.2. The molecule has 0 aliphatic carbocycles. The fraction of sp³-hybridized carbons (Fsp3) is 0.133. The summed E-state index contributed by atoms with van der Waals surface area (Å²) in [7, 11) is 0. The highest BCUT2D eigenvalue weighted by Gasteiger charge is 2.24. The Balaban J connectivity index is 1.15. The van der Waals surface area contributed by atoms with Gasteiger partial charge >= 0.3 is 0 Å². The minimum atomic E-state index is 0.0373. The first kappa shape index (κ1) is 37.8. The molecule has 0 aliphatic heterocycles. The number of aromatic nitrogens is 1. The standard InChI is InChI=1S/C60H50N2/c1-59(2,3)45-26-34-55-51(37-45)52-38-46(60(4,5)6)27-35-56(52)62(55)54-33-25-43-22-30-49-53(32-24-42-23-31-50(54)58(43)57(42)49)61(47-28-20-41(21-29-47)39-14-9-7-10-15-39)48-19-13-18-44(36-48)40-16-11-8-12-17-40/h7-38H,1-6H3. The third-order valence-corrected chi connectivity index (χ3v) is 13.0. The lowest BCUT2D eigenvalue weighted by molar-refractivity contribution is 0.590. The fourth-order valence-electron chi connectivity index (χ4n) is 9.69. The number of nitrogens with zero attached hydrogens (tertiary/aromatic N) is 2. The van der Waals surface area contributed by atoms with Crippen molar-refractivity contribution in [3.05, 3.63) is 205 Å². The van der Waals surface area contributed by atoms with Crippen LogP contribution in [0.3, 0.4) is 0 Å². The first-order chi connectivity index (χ1) is 30.0. The fourth-order valence-corrected chi connectivity index (χ4v) is 9.69. The molecule has 0 N–H and O–H groups in total. The smallest absolute Gasteiger partial charge is 0.0541 e. The predicted octanol–water partition coefficient (Wildman–Crippen LogP) is 17.1. The summed E-state index contributed by atoms with van der Waals surface area (Å²) in [6, 6.07) is 72.2. The molecule has 0 bridgehead atoms. The molecule has 11 aromatic rings. The molecule has 2 heteroatoms. The summed E-state index contributed by atoms with van der Waals surface area (Å²) < 4.78 is 2.52. The van der Waals surface area contributed by atoms with Crippen LogP contribution >= 0.6 is 0 Å². The average molecular weight is 799 g/mol. The third-order valence-electron chi connectivity index (χ3n) is 13.0. The monoisotopic (exact) mass is 798 g/mol. The van der Waals surface area contributed by atoms with Crippen molar-refractivity contribution in [2.24, 2.45) is 0 Å². The molecule has 0 unspecified atom stereocenters. The van der Waals surface area contributed by atoms with Crippen molar-refractivity contribution < 1.29 is 0 Å². The highest BCUT2D eigenvalue weighted by Crippen LogP contribution is 2.47. The quantitative estimate of drug-likeness (QED) is 0.152. The van der Waals surface area contributed by atoms with Gasteiger partial charge in [-0.25, -0.2) is 0 Å². The van der Waals surface area contributed by atoms with Gasteiger partial charge in [0.25, 0.3) is 0 Å². The Labute approximate surface area is 364 Å². The number of fused-ring (bicyclic) bond motifs is 3. The molecular weight excluding hydrogens is 749 g/mol. The summed E-state index contributed by atoms with van der Waals surface area (Å²) in [5.41, 5.74) is 14.6. The zero-order valence-corrected chi connectivity index (χ0v) is 36.4. The highest BCUT2D eigenvalue weighted by molar-refractivity contribution is 6.27. The lowest BCUT2D eigenvalue weighted by atomic mass is 9.85. The normalized spacial score (nSPS) is 12.4. The minimum absolute atomic E-state index is 0.0373. The van der Waals surface area contributed by atoms with Gasteiger partial charge in [-0.3, -0.25) is 0 Å². The summed E-state index contributed by atoms with van der Waals surface area (Å²) >= 11 is 0. The number of benzene rings is 10. The largest absolute Gasteiger partial charge is 0.310 e. The van der Waals surface area contributed by atoms with Gasteiger partial charge in [0.15, 0.2) is 0 Å². The number of rotatable bonds is 6. The lowest BCUT2D eigenvalue weighted by Crippen LogP contribution is -2.11. The Hall–Kier alpha value is -7.16. The molecule has 0 saturated carbocycles. The van der Waals surface area contributed by atoms with Crippen molar-refractivity contribution in [3.8, 4) is 27.9 Å². The van der Waals surface area contributed by atoms with E-state index in [0.29, 0.717) is 0 Å². The van der Waals surface area contributed by atoms with Crippen LogP contribution in [0.25, 0.3) is 82.1 Å². The molecule has 1 heterocycles. The van der Waals surface area contributed by atoms with E-state index in [1.54, 1.807) is 0 Å². The zero-order chi connectivity index (χ0) is 42.3. The van der Waals surface area contributed by atoms with Crippen molar-refractivity contribution >= 4 is 71.2 Å². The minimum Gasteiger partial charge on any atom is -0.310 e. The predicted molar refractivity (Wildman–Crippen MR) is 267 cm³/mol. The summed E-state index contributed by atoms with van der Waals surface area (Å²) in [6.07, 6.45) is 0. The Morgan fingerprint density at radius 1 is 0.355 bits per heavy atom. The van der Waals surface area contributed by atoms with E-state index in [-0.39, 0.29) is 10.8 Å². The maximum absolute atomic E-state index is 2.52. The highest BCUT2D eigenvalue weighted by atomic mass is 15.1. The summed E-state index contributed by atoms with van der Waals surface area (Å²) in [4.78, 5) is 2.45. The molecule has 0 atom stereocenters. The lowest BCUT2D eigenvalue weighted by Gasteiger charge is -2.28. The molecule has 0 radical (unpaired) electrons. The van der Waals surface area contributed by atoms with E-state index in [4.69, 9.17) is 0 Å². The molecule has 0 saturated heterocycles. The zero-order valence-electron chi connectivity index (χ0n) is 36.4. The van der Waals surface area contributed by atoms with E-state index in [9.17, 15) is 0 Å². The van der Waals surface area contributed by atoms with Crippen LogP contribution in [0.5, 0.6) is 0 Å². The number of anilines is 3. The van der Waals surface area contributed by atoms with Gasteiger partial charge in [0.1, 0.15) is 0 Å². The summed E-state index contributed by atoms with van der Waals surface area (Å²) in [6.45, 7) is 13.9. The SMILES string of the molecule is CC(C)(C)c1ccc2c(c1)c1cc(C(C)(C)C)ccc1n2-c1ccc2ccc3c(N(c4ccc(-c5ccccc5)cc4)c4cccc(-c5ccccc5)c4)ccc4ccc1c2c43. The van der Waals surface area contributed by atoms with Crippen molar-refractivity contribution in [3.63, 3.8) is 0 Å². The Morgan fingerprint density at radius 2 is 0.855 bits per heavy atom. The molecule has 1 aromatic heterocycles. The van der Waals surface area contributed by atoms with Crippen molar-refractivity contribution in [2.45, 2.75) is 52.4 Å². The second-order valence-corrected chi connectivity index (χ2v) is 19.1. The molecule has 300 valence electrons. The van der Waals surface area contributed by atoms with Gasteiger partial charge in [0.05, 0.1) is 22.4 Å². The molecule has 11 rings (SSSR count). The molecule has 0 aliphatic rings. The van der Waals surface area contributed by atoms with E-state index < -0.39 is 0 Å². The Kier molecular flexibility index (Phi) is 8.67. The first-order valence-electron chi connectivity index (χ1n) is 21.9. The van der Waals surface area contributed by atoms with E-state index in [1.165, 1.54) is 93.2 Å². The van der Waals surface area contributed by atoms with E-state index >= 15 is 0 Å².